The Morgan fingerprint density at radius 2 is 1.93 bits per heavy atom. The van der Waals surface area contributed by atoms with Crippen LogP contribution < -0.4 is 24.6 Å². The number of methoxy groups -OCH3 is 2. The Kier molecular flexibility index (Phi) is 7.08. The van der Waals surface area contributed by atoms with Crippen molar-refractivity contribution in [2.45, 2.75) is 0 Å². The predicted molar refractivity (Wildman–Crippen MR) is 117 cm³/mol. The molecular weight excluding hydrogens is 386 g/mol. The monoisotopic (exact) mass is 413 g/mol. The number of hydrogen-bond acceptors (Lipinski definition) is 8. The van der Waals surface area contributed by atoms with E-state index in [1.54, 1.807) is 38.6 Å². The van der Waals surface area contributed by atoms with Crippen LogP contribution in [-0.2, 0) is 9.53 Å². The lowest BCUT2D eigenvalue weighted by molar-refractivity contribution is -0.111. The topological polar surface area (TPSA) is 89.0 Å². The molecule has 160 valence electrons. The molecule has 1 aliphatic heterocycles. The molecule has 3 rings (SSSR count). The molecule has 0 spiro atoms. The Morgan fingerprint density at radius 1 is 1.20 bits per heavy atom. The molecule has 0 atom stereocenters. The summed E-state index contributed by atoms with van der Waals surface area (Å²) in [5, 5.41) is 2.85. The average Bonchev–Trinajstić information content (AvgIpc) is 2.78. The number of anilines is 3. The Morgan fingerprint density at radius 3 is 2.60 bits per heavy atom. The number of aromatic nitrogens is 2. The number of nitrogens with one attached hydrogen (secondary N) is 1. The van der Waals surface area contributed by atoms with Crippen LogP contribution in [0.3, 0.4) is 0 Å². The standard InChI is InChI=1S/C21H27N5O4/c1-25(2)20-16(14-22-21(24-20)26-9-11-30-12-10-26)23-19(27)8-6-15-5-7-17(28-3)18(13-15)29-4/h5-8,13-14H,9-12H2,1-4H3,(H,23,27)/b8-6+. The van der Waals surface area contributed by atoms with Gasteiger partial charge in [-0.3, -0.25) is 4.79 Å². The fraction of sp³-hybridized carbons (Fsp3) is 0.381. The molecule has 1 aromatic heterocycles. The Hall–Kier alpha value is -3.33. The van der Waals surface area contributed by atoms with Crippen molar-refractivity contribution in [2.24, 2.45) is 0 Å². The number of hydrogen-bond donors (Lipinski definition) is 1. The maximum atomic E-state index is 12.5. The minimum atomic E-state index is -0.282. The molecule has 0 saturated carbocycles. The van der Waals surface area contributed by atoms with Crippen LogP contribution in [0.2, 0.25) is 0 Å². The van der Waals surface area contributed by atoms with Gasteiger partial charge in [-0.25, -0.2) is 4.98 Å². The van der Waals surface area contributed by atoms with Gasteiger partial charge in [0.2, 0.25) is 11.9 Å². The van der Waals surface area contributed by atoms with E-state index in [9.17, 15) is 4.79 Å². The van der Waals surface area contributed by atoms with E-state index in [4.69, 9.17) is 14.2 Å². The largest absolute Gasteiger partial charge is 0.493 e. The van der Waals surface area contributed by atoms with Crippen molar-refractivity contribution in [2.75, 3.05) is 69.7 Å². The van der Waals surface area contributed by atoms with E-state index in [0.717, 1.165) is 18.7 Å². The maximum absolute atomic E-state index is 12.5. The molecule has 9 heteroatoms. The highest BCUT2D eigenvalue weighted by atomic mass is 16.5. The van der Waals surface area contributed by atoms with Crippen LogP contribution in [0.4, 0.5) is 17.5 Å². The molecule has 2 aromatic rings. The van der Waals surface area contributed by atoms with Gasteiger partial charge < -0.3 is 29.3 Å². The van der Waals surface area contributed by atoms with Crippen molar-refractivity contribution in [1.29, 1.82) is 0 Å². The number of ether oxygens (including phenoxy) is 3. The number of morpholine rings is 1. The minimum absolute atomic E-state index is 0.282. The lowest BCUT2D eigenvalue weighted by Gasteiger charge is -2.28. The van der Waals surface area contributed by atoms with E-state index < -0.39 is 0 Å². The number of nitrogens with zero attached hydrogens (tertiary/aromatic N) is 4. The molecule has 1 fully saturated rings. The number of amides is 1. The molecule has 0 bridgehead atoms. The van der Waals surface area contributed by atoms with Gasteiger partial charge in [-0.05, 0) is 23.8 Å². The van der Waals surface area contributed by atoms with Gasteiger partial charge in [-0.1, -0.05) is 6.07 Å². The fourth-order valence-corrected chi connectivity index (χ4v) is 3.01. The fourth-order valence-electron chi connectivity index (χ4n) is 3.01. The van der Waals surface area contributed by atoms with Crippen molar-refractivity contribution in [3.63, 3.8) is 0 Å². The Balaban J connectivity index is 1.73. The van der Waals surface area contributed by atoms with Gasteiger partial charge in [-0.15, -0.1) is 0 Å². The van der Waals surface area contributed by atoms with Gasteiger partial charge in [0.25, 0.3) is 0 Å². The van der Waals surface area contributed by atoms with Crippen LogP contribution in [0.1, 0.15) is 5.56 Å². The number of carbonyl (C=O) groups excluding carboxylic acids is 1. The third-order valence-electron chi connectivity index (χ3n) is 4.57. The smallest absolute Gasteiger partial charge is 0.248 e. The van der Waals surface area contributed by atoms with E-state index >= 15 is 0 Å². The summed E-state index contributed by atoms with van der Waals surface area (Å²) < 4.78 is 15.9. The molecule has 1 aromatic carbocycles. The zero-order chi connectivity index (χ0) is 21.5. The third kappa shape index (κ3) is 5.18. The van der Waals surface area contributed by atoms with Crippen molar-refractivity contribution in [3.8, 4) is 11.5 Å². The first-order valence-corrected chi connectivity index (χ1v) is 9.60. The second-order valence-corrected chi connectivity index (χ2v) is 6.84. The van der Waals surface area contributed by atoms with Gasteiger partial charge in [0, 0.05) is 33.3 Å². The molecule has 9 nitrogen and oxygen atoms in total. The van der Waals surface area contributed by atoms with Crippen LogP contribution in [0.15, 0.2) is 30.5 Å². The number of benzene rings is 1. The molecule has 0 unspecified atom stereocenters. The Bertz CT molecular complexity index is 910. The summed E-state index contributed by atoms with van der Waals surface area (Å²) in [6.07, 6.45) is 4.79. The number of rotatable bonds is 7. The second-order valence-electron chi connectivity index (χ2n) is 6.84. The number of carbonyl (C=O) groups is 1. The highest BCUT2D eigenvalue weighted by molar-refractivity contribution is 6.03. The molecule has 1 saturated heterocycles. The second kappa shape index (κ2) is 9.93. The molecule has 0 radical (unpaired) electrons. The summed E-state index contributed by atoms with van der Waals surface area (Å²) in [4.78, 5) is 25.4. The maximum Gasteiger partial charge on any atom is 0.248 e. The van der Waals surface area contributed by atoms with Gasteiger partial charge in [0.05, 0.1) is 33.6 Å². The summed E-state index contributed by atoms with van der Waals surface area (Å²) in [5.74, 6) is 2.21. The van der Waals surface area contributed by atoms with Gasteiger partial charge in [0.15, 0.2) is 17.3 Å². The Labute approximate surface area is 176 Å². The highest BCUT2D eigenvalue weighted by Gasteiger charge is 2.17. The minimum Gasteiger partial charge on any atom is -0.493 e. The van der Waals surface area contributed by atoms with Gasteiger partial charge >= 0.3 is 0 Å². The van der Waals surface area contributed by atoms with E-state index in [0.29, 0.717) is 42.2 Å². The summed E-state index contributed by atoms with van der Waals surface area (Å²) in [7, 11) is 6.90. The molecule has 30 heavy (non-hydrogen) atoms. The summed E-state index contributed by atoms with van der Waals surface area (Å²) in [6.45, 7) is 2.79. The SMILES string of the molecule is COc1ccc(/C=C/C(=O)Nc2cnc(N3CCOCC3)nc2N(C)C)cc1OC. The van der Waals surface area contributed by atoms with Gasteiger partial charge in [0.1, 0.15) is 5.69 Å². The third-order valence-corrected chi connectivity index (χ3v) is 4.57. The van der Waals surface area contributed by atoms with Crippen molar-refractivity contribution in [1.82, 2.24) is 9.97 Å². The van der Waals surface area contributed by atoms with E-state index in [1.807, 2.05) is 25.1 Å². The molecule has 2 heterocycles. The summed E-state index contributed by atoms with van der Waals surface area (Å²) in [5.41, 5.74) is 1.36. The lowest BCUT2D eigenvalue weighted by Crippen LogP contribution is -2.37. The first kappa shape index (κ1) is 21.4. The van der Waals surface area contributed by atoms with E-state index in [2.05, 4.69) is 20.2 Å². The molecular formula is C21H27N5O4. The molecule has 1 amide bonds. The first-order chi connectivity index (χ1) is 14.5. The summed E-state index contributed by atoms with van der Waals surface area (Å²) in [6, 6.07) is 5.43. The van der Waals surface area contributed by atoms with Crippen molar-refractivity contribution < 1.29 is 19.0 Å². The first-order valence-electron chi connectivity index (χ1n) is 9.60. The van der Waals surface area contributed by atoms with Crippen LogP contribution in [-0.4, -0.2) is 70.5 Å². The van der Waals surface area contributed by atoms with Crippen molar-refractivity contribution >= 4 is 29.4 Å². The predicted octanol–water partition coefficient (Wildman–Crippen LogP) is 2.05. The molecule has 1 aliphatic rings. The van der Waals surface area contributed by atoms with Gasteiger partial charge in [-0.2, -0.15) is 4.98 Å². The van der Waals surface area contributed by atoms with Crippen LogP contribution in [0.5, 0.6) is 11.5 Å². The van der Waals surface area contributed by atoms with E-state index in [-0.39, 0.29) is 5.91 Å². The normalized spacial score (nSPS) is 13.9. The van der Waals surface area contributed by atoms with Crippen LogP contribution in [0, 0.1) is 0 Å². The lowest BCUT2D eigenvalue weighted by atomic mass is 10.2. The molecule has 0 aliphatic carbocycles. The quantitative estimate of drug-likeness (QED) is 0.690. The highest BCUT2D eigenvalue weighted by Crippen LogP contribution is 2.28. The van der Waals surface area contributed by atoms with Crippen LogP contribution in [0.25, 0.3) is 6.08 Å². The molecule has 1 N–H and O–H groups in total. The zero-order valence-corrected chi connectivity index (χ0v) is 17.7. The zero-order valence-electron chi connectivity index (χ0n) is 17.7. The average molecular weight is 413 g/mol. The summed E-state index contributed by atoms with van der Waals surface area (Å²) >= 11 is 0. The van der Waals surface area contributed by atoms with Crippen LogP contribution >= 0.6 is 0 Å². The van der Waals surface area contributed by atoms with Crippen molar-refractivity contribution in [3.05, 3.63) is 36.0 Å². The van der Waals surface area contributed by atoms with E-state index in [1.165, 1.54) is 6.08 Å².